The first-order chi connectivity index (χ1) is 13.4. The van der Waals surface area contributed by atoms with Crippen LogP contribution < -0.4 is 10.6 Å². The highest BCUT2D eigenvalue weighted by Crippen LogP contribution is 2.18. The Bertz CT molecular complexity index is 1050. The van der Waals surface area contributed by atoms with Crippen LogP contribution in [0.25, 0.3) is 5.78 Å². The Balaban J connectivity index is 1.72. The number of hydrogen-bond donors (Lipinski definition) is 2. The molecule has 1 aromatic carbocycles. The number of carbonyl (C=O) groups is 2. The lowest BCUT2D eigenvalue weighted by Crippen LogP contribution is -2.18. The van der Waals surface area contributed by atoms with E-state index in [4.69, 9.17) is 0 Å². The highest BCUT2D eigenvalue weighted by molar-refractivity contribution is 7.98. The zero-order valence-corrected chi connectivity index (χ0v) is 17.1. The Morgan fingerprint density at radius 3 is 2.71 bits per heavy atom. The minimum Gasteiger partial charge on any atom is -0.355 e. The highest BCUT2D eigenvalue weighted by atomic mass is 32.2. The van der Waals surface area contributed by atoms with E-state index in [0.29, 0.717) is 35.0 Å². The number of benzene rings is 1. The summed E-state index contributed by atoms with van der Waals surface area (Å²) < 4.78 is 1.72. The Morgan fingerprint density at radius 1 is 1.21 bits per heavy atom. The van der Waals surface area contributed by atoms with E-state index in [1.165, 1.54) is 11.8 Å². The van der Waals surface area contributed by atoms with Gasteiger partial charge in [0.2, 0.25) is 11.1 Å². The third-order valence-corrected chi connectivity index (χ3v) is 4.99. The van der Waals surface area contributed by atoms with Crippen LogP contribution in [0.2, 0.25) is 0 Å². The van der Waals surface area contributed by atoms with Gasteiger partial charge in [-0.15, -0.1) is 5.10 Å². The van der Waals surface area contributed by atoms with Crippen molar-refractivity contribution in [1.82, 2.24) is 24.9 Å². The molecule has 3 rings (SSSR count). The summed E-state index contributed by atoms with van der Waals surface area (Å²) in [6.07, 6.45) is 2.75. The third kappa shape index (κ3) is 4.14. The maximum absolute atomic E-state index is 12.4. The summed E-state index contributed by atoms with van der Waals surface area (Å²) in [6.45, 7) is 3.88. The molecule has 28 heavy (non-hydrogen) atoms. The number of carbonyl (C=O) groups excluding carboxylic acids is 2. The number of amides is 2. The summed E-state index contributed by atoms with van der Waals surface area (Å²) in [4.78, 5) is 33.0. The van der Waals surface area contributed by atoms with Gasteiger partial charge in [0.15, 0.2) is 0 Å². The number of aromatic nitrogens is 4. The predicted molar refractivity (Wildman–Crippen MR) is 109 cm³/mol. The Hall–Kier alpha value is -2.94. The number of thioether (sulfide) groups is 1. The number of aryl methyl sites for hydroxylation is 2. The second-order valence-corrected chi connectivity index (χ2v) is 7.05. The van der Waals surface area contributed by atoms with Crippen LogP contribution in [0.3, 0.4) is 0 Å². The van der Waals surface area contributed by atoms with Crippen LogP contribution in [0.1, 0.15) is 33.7 Å². The summed E-state index contributed by atoms with van der Waals surface area (Å²) >= 11 is 1.46. The van der Waals surface area contributed by atoms with E-state index in [1.54, 1.807) is 35.8 Å². The number of nitrogens with zero attached hydrogens (tertiary/aromatic N) is 4. The molecule has 0 spiro atoms. The number of anilines is 1. The SMILES string of the molecule is CNC(=O)c1cccc(NC(=O)CCc2c(C)nc3nc(SC)nn3c2C)c1. The summed E-state index contributed by atoms with van der Waals surface area (Å²) in [6, 6.07) is 6.84. The summed E-state index contributed by atoms with van der Waals surface area (Å²) in [5.74, 6) is 0.245. The normalized spacial score (nSPS) is 10.9. The summed E-state index contributed by atoms with van der Waals surface area (Å²) in [7, 11) is 1.57. The fourth-order valence-corrected chi connectivity index (χ4v) is 3.32. The molecule has 9 heteroatoms. The van der Waals surface area contributed by atoms with Crippen LogP contribution in [0.5, 0.6) is 0 Å². The Kier molecular flexibility index (Phi) is 5.93. The van der Waals surface area contributed by atoms with Crippen LogP contribution in [0.4, 0.5) is 5.69 Å². The average molecular weight is 398 g/mol. The number of rotatable bonds is 6. The molecule has 2 heterocycles. The number of hydrogen-bond acceptors (Lipinski definition) is 6. The first kappa shape index (κ1) is 19.8. The van der Waals surface area contributed by atoms with E-state index < -0.39 is 0 Å². The van der Waals surface area contributed by atoms with Crippen molar-refractivity contribution in [2.45, 2.75) is 31.8 Å². The van der Waals surface area contributed by atoms with Crippen molar-refractivity contribution in [1.29, 1.82) is 0 Å². The minimum absolute atomic E-state index is 0.128. The lowest BCUT2D eigenvalue weighted by molar-refractivity contribution is -0.116. The van der Waals surface area contributed by atoms with E-state index in [9.17, 15) is 9.59 Å². The molecule has 0 aliphatic carbocycles. The van der Waals surface area contributed by atoms with Gasteiger partial charge >= 0.3 is 0 Å². The smallest absolute Gasteiger partial charge is 0.253 e. The van der Waals surface area contributed by atoms with E-state index in [0.717, 1.165) is 17.0 Å². The lowest BCUT2D eigenvalue weighted by Gasteiger charge is -2.11. The molecular weight excluding hydrogens is 376 g/mol. The molecule has 0 saturated heterocycles. The van der Waals surface area contributed by atoms with Crippen LogP contribution in [-0.2, 0) is 11.2 Å². The zero-order valence-electron chi connectivity index (χ0n) is 16.2. The molecule has 0 aliphatic heterocycles. The predicted octanol–water partition coefficient (Wildman–Crippen LogP) is 2.39. The molecule has 0 fully saturated rings. The fourth-order valence-electron chi connectivity index (χ4n) is 2.98. The molecule has 146 valence electrons. The quantitative estimate of drug-likeness (QED) is 0.618. The largest absolute Gasteiger partial charge is 0.355 e. The standard InChI is InChI=1S/C19H22N6O2S/c1-11-15(12(2)25-18(21-11)23-19(24-25)28-4)8-9-16(26)22-14-7-5-6-13(10-14)17(27)20-3/h5-7,10H,8-9H2,1-4H3,(H,20,27)(H,22,26). The van der Waals surface area contributed by atoms with Gasteiger partial charge in [0.1, 0.15) is 0 Å². The maximum atomic E-state index is 12.4. The van der Waals surface area contributed by atoms with Gasteiger partial charge in [0, 0.05) is 36.1 Å². The fraction of sp³-hybridized carbons (Fsp3) is 0.316. The van der Waals surface area contributed by atoms with E-state index in [1.807, 2.05) is 20.1 Å². The second-order valence-electron chi connectivity index (χ2n) is 6.28. The molecule has 0 unspecified atom stereocenters. The van der Waals surface area contributed by atoms with E-state index in [2.05, 4.69) is 25.7 Å². The van der Waals surface area contributed by atoms with Gasteiger partial charge in [-0.25, -0.2) is 9.50 Å². The Morgan fingerprint density at radius 2 is 2.00 bits per heavy atom. The highest BCUT2D eigenvalue weighted by Gasteiger charge is 2.15. The van der Waals surface area contributed by atoms with E-state index >= 15 is 0 Å². The summed E-state index contributed by atoms with van der Waals surface area (Å²) in [5, 5.41) is 10.5. The molecule has 2 amide bonds. The van der Waals surface area contributed by atoms with Gasteiger partial charge < -0.3 is 10.6 Å². The molecule has 0 radical (unpaired) electrons. The monoisotopic (exact) mass is 398 g/mol. The minimum atomic E-state index is -0.195. The molecule has 2 N–H and O–H groups in total. The number of fused-ring (bicyclic) bond motifs is 1. The number of nitrogens with one attached hydrogen (secondary N) is 2. The molecule has 0 aliphatic rings. The Labute approximate surface area is 167 Å². The van der Waals surface area contributed by atoms with Gasteiger partial charge in [-0.1, -0.05) is 17.8 Å². The van der Waals surface area contributed by atoms with Crippen LogP contribution >= 0.6 is 11.8 Å². The first-order valence-electron chi connectivity index (χ1n) is 8.81. The van der Waals surface area contributed by atoms with Crippen LogP contribution in [-0.4, -0.2) is 44.7 Å². The average Bonchev–Trinajstić information content (AvgIpc) is 3.10. The molecule has 3 aromatic rings. The first-order valence-corrected chi connectivity index (χ1v) is 10.0. The van der Waals surface area contributed by atoms with Gasteiger partial charge in [0.25, 0.3) is 11.7 Å². The van der Waals surface area contributed by atoms with Crippen molar-refractivity contribution in [3.8, 4) is 0 Å². The lowest BCUT2D eigenvalue weighted by atomic mass is 10.1. The summed E-state index contributed by atoms with van der Waals surface area (Å²) in [5.41, 5.74) is 3.86. The van der Waals surface area contributed by atoms with Gasteiger partial charge in [0.05, 0.1) is 0 Å². The molecule has 8 nitrogen and oxygen atoms in total. The van der Waals surface area contributed by atoms with Crippen LogP contribution in [0.15, 0.2) is 29.4 Å². The van der Waals surface area contributed by atoms with Crippen molar-refractivity contribution in [3.05, 3.63) is 46.8 Å². The second kappa shape index (κ2) is 8.39. The van der Waals surface area contributed by atoms with Crippen molar-refractivity contribution in [2.75, 3.05) is 18.6 Å². The zero-order chi connectivity index (χ0) is 20.3. The van der Waals surface area contributed by atoms with Gasteiger partial charge in [-0.3, -0.25) is 9.59 Å². The molecule has 2 aromatic heterocycles. The molecule has 0 bridgehead atoms. The van der Waals surface area contributed by atoms with E-state index in [-0.39, 0.29) is 11.8 Å². The van der Waals surface area contributed by atoms with Crippen LogP contribution in [0, 0.1) is 13.8 Å². The van der Waals surface area contributed by atoms with Gasteiger partial charge in [-0.05, 0) is 50.3 Å². The van der Waals surface area contributed by atoms with Gasteiger partial charge in [-0.2, -0.15) is 4.98 Å². The molecule has 0 saturated carbocycles. The van der Waals surface area contributed by atoms with Crippen molar-refractivity contribution >= 4 is 35.0 Å². The van der Waals surface area contributed by atoms with Crippen molar-refractivity contribution in [2.24, 2.45) is 0 Å². The maximum Gasteiger partial charge on any atom is 0.253 e. The third-order valence-electron chi connectivity index (χ3n) is 4.45. The topological polar surface area (TPSA) is 101 Å². The van der Waals surface area contributed by atoms with Crippen molar-refractivity contribution in [3.63, 3.8) is 0 Å². The molecule has 0 atom stereocenters. The van der Waals surface area contributed by atoms with Crippen molar-refractivity contribution < 1.29 is 9.59 Å². The molecular formula is C19H22N6O2S.